The van der Waals surface area contributed by atoms with E-state index in [-0.39, 0.29) is 0 Å². The van der Waals surface area contributed by atoms with Crippen molar-refractivity contribution in [1.82, 2.24) is 4.98 Å². The maximum absolute atomic E-state index is 5.80. The molecule has 112 valence electrons. The Morgan fingerprint density at radius 1 is 1.10 bits per heavy atom. The molecule has 6 heteroatoms. The van der Waals surface area contributed by atoms with Crippen molar-refractivity contribution in [2.24, 2.45) is 0 Å². The van der Waals surface area contributed by atoms with Crippen molar-refractivity contribution < 1.29 is 14.2 Å². The Bertz CT molecular complexity index is 620. The van der Waals surface area contributed by atoms with Crippen molar-refractivity contribution in [3.05, 3.63) is 46.2 Å². The second kappa shape index (κ2) is 7.66. The zero-order chi connectivity index (χ0) is 15.2. The van der Waals surface area contributed by atoms with Crippen LogP contribution in [-0.2, 0) is 11.9 Å². The first kappa shape index (κ1) is 16.1. The average molecular weight is 417 g/mol. The molecule has 0 saturated heterocycles. The zero-order valence-electron chi connectivity index (χ0n) is 11.7. The lowest BCUT2D eigenvalue weighted by Gasteiger charge is -2.13. The number of rotatable bonds is 6. The molecule has 0 aliphatic carbocycles. The summed E-state index contributed by atoms with van der Waals surface area (Å²) >= 11 is 6.93. The number of benzene rings is 1. The minimum atomic E-state index is 0.298. The lowest BCUT2D eigenvalue weighted by Crippen LogP contribution is -2.03. The predicted octanol–water partition coefficient (Wildman–Crippen LogP) is 4.34. The van der Waals surface area contributed by atoms with E-state index in [2.05, 4.69) is 36.8 Å². The van der Waals surface area contributed by atoms with Crippen LogP contribution in [0.25, 0.3) is 0 Å². The quantitative estimate of drug-likeness (QED) is 0.657. The number of pyridine rings is 1. The minimum Gasteiger partial charge on any atom is -0.493 e. The van der Waals surface area contributed by atoms with Crippen LogP contribution in [0, 0.1) is 0 Å². The number of methoxy groups -OCH3 is 2. The van der Waals surface area contributed by atoms with Gasteiger partial charge in [0.25, 0.3) is 0 Å². The van der Waals surface area contributed by atoms with Crippen LogP contribution < -0.4 is 14.2 Å². The molecule has 1 aromatic heterocycles. The Labute approximate surface area is 140 Å². The van der Waals surface area contributed by atoms with Gasteiger partial charge in [-0.1, -0.05) is 22.0 Å². The van der Waals surface area contributed by atoms with E-state index in [0.29, 0.717) is 23.8 Å². The number of hydrogen-bond acceptors (Lipinski definition) is 4. The summed E-state index contributed by atoms with van der Waals surface area (Å²) in [6.07, 6.45) is 1.67. The molecule has 4 nitrogen and oxygen atoms in total. The van der Waals surface area contributed by atoms with E-state index >= 15 is 0 Å². The number of aromatic nitrogens is 1. The van der Waals surface area contributed by atoms with Crippen LogP contribution in [0.1, 0.15) is 11.3 Å². The Kier molecular flexibility index (Phi) is 5.87. The molecule has 0 bridgehead atoms. The Balaban J connectivity index is 2.16. The van der Waals surface area contributed by atoms with Crippen LogP contribution in [0.4, 0.5) is 0 Å². The number of hydrogen-bond donors (Lipinski definition) is 0. The molecule has 1 aromatic carbocycles. The summed E-state index contributed by atoms with van der Waals surface area (Å²) in [5, 5.41) is 0.803. The average Bonchev–Trinajstić information content (AvgIpc) is 2.52. The van der Waals surface area contributed by atoms with Gasteiger partial charge in [-0.2, -0.15) is 0 Å². The van der Waals surface area contributed by atoms with E-state index < -0.39 is 0 Å². The van der Waals surface area contributed by atoms with Crippen LogP contribution in [0.2, 0.25) is 0 Å². The van der Waals surface area contributed by atoms with Crippen molar-refractivity contribution in [3.63, 3.8) is 0 Å². The van der Waals surface area contributed by atoms with Gasteiger partial charge in [-0.25, -0.2) is 0 Å². The smallest absolute Gasteiger partial charge is 0.185 e. The summed E-state index contributed by atoms with van der Waals surface area (Å²) in [5.41, 5.74) is 1.86. The first-order valence-electron chi connectivity index (χ1n) is 6.22. The fourth-order valence-corrected chi connectivity index (χ4v) is 2.73. The molecule has 2 aromatic rings. The summed E-state index contributed by atoms with van der Waals surface area (Å²) in [7, 11) is 3.18. The summed E-state index contributed by atoms with van der Waals surface area (Å²) < 4.78 is 17.3. The van der Waals surface area contributed by atoms with Crippen LogP contribution >= 0.6 is 31.9 Å². The van der Waals surface area contributed by atoms with Crippen LogP contribution in [0.5, 0.6) is 17.2 Å². The summed E-state index contributed by atoms with van der Waals surface area (Å²) in [5.74, 6) is 1.99. The van der Waals surface area contributed by atoms with E-state index in [4.69, 9.17) is 14.2 Å². The van der Waals surface area contributed by atoms with Crippen molar-refractivity contribution in [2.75, 3.05) is 14.2 Å². The monoisotopic (exact) mass is 415 g/mol. The summed E-state index contributed by atoms with van der Waals surface area (Å²) in [6.45, 7) is 0.298. The van der Waals surface area contributed by atoms with E-state index in [0.717, 1.165) is 15.6 Å². The van der Waals surface area contributed by atoms with E-state index in [9.17, 15) is 0 Å². The van der Waals surface area contributed by atoms with Gasteiger partial charge in [0.05, 0.1) is 18.7 Å². The number of alkyl halides is 1. The molecule has 2 rings (SSSR count). The largest absolute Gasteiger partial charge is 0.493 e. The summed E-state index contributed by atoms with van der Waals surface area (Å²) in [4.78, 5) is 4.28. The second-order valence-corrected chi connectivity index (χ2v) is 5.60. The van der Waals surface area contributed by atoms with Gasteiger partial charge in [0.15, 0.2) is 11.5 Å². The minimum absolute atomic E-state index is 0.298. The first-order chi connectivity index (χ1) is 10.2. The molecule has 0 fully saturated rings. The zero-order valence-corrected chi connectivity index (χ0v) is 14.9. The SMILES string of the molecule is COc1ccnc(COc2ccc(CBr)cc2Br)c1OC. The Morgan fingerprint density at radius 3 is 2.52 bits per heavy atom. The van der Waals surface area contributed by atoms with E-state index in [1.165, 1.54) is 5.56 Å². The molecule has 0 N–H and O–H groups in total. The van der Waals surface area contributed by atoms with Crippen molar-refractivity contribution in [3.8, 4) is 17.2 Å². The molecule has 0 atom stereocenters. The normalized spacial score (nSPS) is 10.3. The Morgan fingerprint density at radius 2 is 1.90 bits per heavy atom. The van der Waals surface area contributed by atoms with Gasteiger partial charge < -0.3 is 14.2 Å². The van der Waals surface area contributed by atoms with Gasteiger partial charge in [-0.05, 0) is 33.6 Å². The second-order valence-electron chi connectivity index (χ2n) is 4.18. The molecular formula is C15H15Br2NO3. The van der Waals surface area contributed by atoms with Crippen LogP contribution in [0.3, 0.4) is 0 Å². The fraction of sp³-hybridized carbons (Fsp3) is 0.267. The topological polar surface area (TPSA) is 40.6 Å². The maximum atomic E-state index is 5.80. The van der Waals surface area contributed by atoms with Crippen molar-refractivity contribution in [2.45, 2.75) is 11.9 Å². The van der Waals surface area contributed by atoms with Crippen molar-refractivity contribution >= 4 is 31.9 Å². The molecule has 0 radical (unpaired) electrons. The highest BCUT2D eigenvalue weighted by Crippen LogP contribution is 2.31. The van der Waals surface area contributed by atoms with E-state index in [1.54, 1.807) is 26.5 Å². The number of nitrogens with zero attached hydrogens (tertiary/aromatic N) is 1. The molecule has 0 unspecified atom stereocenters. The lowest BCUT2D eigenvalue weighted by molar-refractivity contribution is 0.283. The fourth-order valence-electron chi connectivity index (χ4n) is 1.84. The lowest BCUT2D eigenvalue weighted by atomic mass is 10.2. The van der Waals surface area contributed by atoms with Crippen LogP contribution in [-0.4, -0.2) is 19.2 Å². The molecule has 0 aliphatic heterocycles. The maximum Gasteiger partial charge on any atom is 0.185 e. The third-order valence-corrected chi connectivity index (χ3v) is 4.15. The van der Waals surface area contributed by atoms with Gasteiger partial charge in [0, 0.05) is 17.6 Å². The van der Waals surface area contributed by atoms with Gasteiger partial charge in [0.1, 0.15) is 18.1 Å². The Hall–Kier alpha value is -1.27. The van der Waals surface area contributed by atoms with Crippen LogP contribution in [0.15, 0.2) is 34.9 Å². The standard InChI is InChI=1S/C15H15Br2NO3/c1-19-14-5-6-18-12(15(14)20-2)9-21-13-4-3-10(8-16)7-11(13)17/h3-7H,8-9H2,1-2H3. The number of ether oxygens (including phenoxy) is 3. The molecule has 0 saturated carbocycles. The van der Waals surface area contributed by atoms with Gasteiger partial charge >= 0.3 is 0 Å². The van der Waals surface area contributed by atoms with Gasteiger partial charge in [-0.15, -0.1) is 0 Å². The first-order valence-corrected chi connectivity index (χ1v) is 8.14. The molecule has 21 heavy (non-hydrogen) atoms. The molecule has 0 amide bonds. The molecular weight excluding hydrogens is 402 g/mol. The molecule has 0 aliphatic rings. The molecule has 0 spiro atoms. The predicted molar refractivity (Wildman–Crippen MR) is 88.4 cm³/mol. The van der Waals surface area contributed by atoms with Gasteiger partial charge in [0.2, 0.25) is 0 Å². The number of halogens is 2. The highest BCUT2D eigenvalue weighted by atomic mass is 79.9. The third kappa shape index (κ3) is 3.89. The highest BCUT2D eigenvalue weighted by Gasteiger charge is 2.12. The molecule has 1 heterocycles. The summed E-state index contributed by atoms with van der Waals surface area (Å²) in [6, 6.07) is 7.70. The third-order valence-electron chi connectivity index (χ3n) is 2.88. The van der Waals surface area contributed by atoms with E-state index in [1.807, 2.05) is 18.2 Å². The van der Waals surface area contributed by atoms with Gasteiger partial charge in [-0.3, -0.25) is 4.98 Å². The van der Waals surface area contributed by atoms with Crippen molar-refractivity contribution in [1.29, 1.82) is 0 Å². The highest BCUT2D eigenvalue weighted by molar-refractivity contribution is 9.10.